The molecule has 8 heteroatoms. The standard InChI is InChI=1S/C19H22N2O6/c1-11(18(23)20-13-2-3-13)27-19(24)12-8-17(22)21(10-12)14-4-5-15-16(9-14)26-7-6-25-15/h4-5,9,11-13H,2-3,6-8,10H2,1H3,(H,20,23)/t11-,12+/m1/s1. The van der Waals surface area contributed by atoms with Crippen molar-refractivity contribution < 1.29 is 28.6 Å². The molecule has 2 heterocycles. The van der Waals surface area contributed by atoms with E-state index in [-0.39, 0.29) is 30.8 Å². The molecule has 1 N–H and O–H groups in total. The number of hydrogen-bond acceptors (Lipinski definition) is 6. The second kappa shape index (κ2) is 7.09. The summed E-state index contributed by atoms with van der Waals surface area (Å²) in [6.45, 7) is 2.72. The van der Waals surface area contributed by atoms with Crippen molar-refractivity contribution in [3.05, 3.63) is 18.2 Å². The Morgan fingerprint density at radius 1 is 1.22 bits per heavy atom. The molecule has 144 valence electrons. The molecule has 3 aliphatic rings. The van der Waals surface area contributed by atoms with Gasteiger partial charge >= 0.3 is 5.97 Å². The third kappa shape index (κ3) is 3.84. The van der Waals surface area contributed by atoms with E-state index >= 15 is 0 Å². The molecule has 4 rings (SSSR count). The van der Waals surface area contributed by atoms with Crippen molar-refractivity contribution in [2.45, 2.75) is 38.3 Å². The van der Waals surface area contributed by atoms with E-state index in [2.05, 4.69) is 5.32 Å². The van der Waals surface area contributed by atoms with Gasteiger partial charge in [-0.05, 0) is 31.9 Å². The zero-order valence-electron chi connectivity index (χ0n) is 15.1. The van der Waals surface area contributed by atoms with Gasteiger partial charge in [0.2, 0.25) is 5.91 Å². The van der Waals surface area contributed by atoms with Crippen LogP contribution < -0.4 is 19.7 Å². The van der Waals surface area contributed by atoms with Gasteiger partial charge in [0.1, 0.15) is 13.2 Å². The molecule has 2 aliphatic heterocycles. The highest BCUT2D eigenvalue weighted by atomic mass is 16.6. The van der Waals surface area contributed by atoms with Crippen molar-refractivity contribution >= 4 is 23.5 Å². The first-order valence-corrected chi connectivity index (χ1v) is 9.22. The van der Waals surface area contributed by atoms with Crippen LogP contribution in [0.25, 0.3) is 0 Å². The fourth-order valence-electron chi connectivity index (χ4n) is 3.19. The van der Waals surface area contributed by atoms with Crippen LogP contribution in [0.15, 0.2) is 18.2 Å². The Morgan fingerprint density at radius 3 is 2.70 bits per heavy atom. The highest BCUT2D eigenvalue weighted by Gasteiger charge is 2.38. The maximum absolute atomic E-state index is 12.4. The molecule has 0 unspecified atom stereocenters. The smallest absolute Gasteiger partial charge is 0.312 e. The van der Waals surface area contributed by atoms with E-state index in [0.717, 1.165) is 12.8 Å². The molecule has 0 radical (unpaired) electrons. The lowest BCUT2D eigenvalue weighted by atomic mass is 10.1. The number of anilines is 1. The first kappa shape index (κ1) is 17.6. The third-order valence-corrected chi connectivity index (χ3v) is 4.88. The lowest BCUT2D eigenvalue weighted by molar-refractivity contribution is -0.158. The summed E-state index contributed by atoms with van der Waals surface area (Å²) in [5.41, 5.74) is 0.652. The monoisotopic (exact) mass is 374 g/mol. The first-order chi connectivity index (χ1) is 13.0. The van der Waals surface area contributed by atoms with Crippen LogP contribution >= 0.6 is 0 Å². The topological polar surface area (TPSA) is 94.2 Å². The summed E-state index contributed by atoms with van der Waals surface area (Å²) in [7, 11) is 0. The summed E-state index contributed by atoms with van der Waals surface area (Å²) < 4.78 is 16.3. The SMILES string of the molecule is C[C@@H](OC(=O)[C@H]1CC(=O)N(c2ccc3c(c2)OCCO3)C1)C(=O)NC1CC1. The summed E-state index contributed by atoms with van der Waals surface area (Å²) in [5.74, 6) is -0.350. The summed E-state index contributed by atoms with van der Waals surface area (Å²) >= 11 is 0. The van der Waals surface area contributed by atoms with E-state index in [1.165, 1.54) is 0 Å². The van der Waals surface area contributed by atoms with Crippen molar-refractivity contribution in [3.8, 4) is 11.5 Å². The average Bonchev–Trinajstić information content (AvgIpc) is 3.39. The van der Waals surface area contributed by atoms with Crippen molar-refractivity contribution in [2.75, 3.05) is 24.7 Å². The normalized spacial score (nSPS) is 22.3. The Bertz CT molecular complexity index is 775. The Balaban J connectivity index is 1.38. The molecule has 1 saturated carbocycles. The largest absolute Gasteiger partial charge is 0.486 e. The lowest BCUT2D eigenvalue weighted by Crippen LogP contribution is -2.38. The number of esters is 1. The van der Waals surface area contributed by atoms with E-state index in [9.17, 15) is 14.4 Å². The number of carbonyl (C=O) groups excluding carboxylic acids is 3. The van der Waals surface area contributed by atoms with Gasteiger partial charge in [-0.1, -0.05) is 0 Å². The van der Waals surface area contributed by atoms with Crippen molar-refractivity contribution in [1.82, 2.24) is 5.32 Å². The molecule has 27 heavy (non-hydrogen) atoms. The van der Waals surface area contributed by atoms with Gasteiger partial charge in [-0.25, -0.2) is 0 Å². The quantitative estimate of drug-likeness (QED) is 0.774. The Kier molecular flexibility index (Phi) is 4.63. The maximum Gasteiger partial charge on any atom is 0.312 e. The molecule has 2 amide bonds. The molecule has 2 fully saturated rings. The van der Waals surface area contributed by atoms with E-state index in [4.69, 9.17) is 14.2 Å². The van der Waals surface area contributed by atoms with E-state index in [1.54, 1.807) is 30.0 Å². The van der Waals surface area contributed by atoms with Gasteiger partial charge in [-0.15, -0.1) is 0 Å². The number of hydrogen-bond donors (Lipinski definition) is 1. The highest BCUT2D eigenvalue weighted by molar-refractivity contribution is 6.00. The molecule has 0 bridgehead atoms. The van der Waals surface area contributed by atoms with Crippen LogP contribution in [0.5, 0.6) is 11.5 Å². The van der Waals surface area contributed by atoms with Gasteiger partial charge in [-0.2, -0.15) is 0 Å². The minimum Gasteiger partial charge on any atom is -0.486 e. The molecule has 2 atom stereocenters. The van der Waals surface area contributed by atoms with Gasteiger partial charge in [0.05, 0.1) is 5.92 Å². The van der Waals surface area contributed by atoms with Crippen LogP contribution in [-0.2, 0) is 19.1 Å². The number of benzene rings is 1. The van der Waals surface area contributed by atoms with E-state index < -0.39 is 18.0 Å². The number of amides is 2. The number of nitrogens with zero attached hydrogens (tertiary/aromatic N) is 1. The Labute approximate surface area is 156 Å². The van der Waals surface area contributed by atoms with Crippen LogP contribution in [0, 0.1) is 5.92 Å². The second-order valence-electron chi connectivity index (χ2n) is 7.10. The minimum atomic E-state index is -0.864. The molecule has 1 aromatic rings. The summed E-state index contributed by atoms with van der Waals surface area (Å²) in [4.78, 5) is 38.3. The molecular weight excluding hydrogens is 352 g/mol. The van der Waals surface area contributed by atoms with Crippen LogP contribution in [0.3, 0.4) is 0 Å². The maximum atomic E-state index is 12.4. The molecule has 1 saturated heterocycles. The zero-order valence-corrected chi connectivity index (χ0v) is 15.1. The predicted molar refractivity (Wildman–Crippen MR) is 94.6 cm³/mol. The molecule has 0 spiro atoms. The molecule has 1 aromatic carbocycles. The summed E-state index contributed by atoms with van der Waals surface area (Å²) in [6.07, 6.45) is 1.13. The average molecular weight is 374 g/mol. The van der Waals surface area contributed by atoms with Gasteiger partial charge < -0.3 is 24.4 Å². The zero-order chi connectivity index (χ0) is 19.0. The van der Waals surface area contributed by atoms with Gasteiger partial charge in [-0.3, -0.25) is 14.4 Å². The summed E-state index contributed by atoms with van der Waals surface area (Å²) in [5, 5.41) is 2.80. The molecular formula is C19H22N2O6. The molecule has 8 nitrogen and oxygen atoms in total. The third-order valence-electron chi connectivity index (χ3n) is 4.88. The van der Waals surface area contributed by atoms with Crippen LogP contribution in [0.2, 0.25) is 0 Å². The lowest BCUT2D eigenvalue weighted by Gasteiger charge is -2.22. The molecule has 1 aliphatic carbocycles. The highest BCUT2D eigenvalue weighted by Crippen LogP contribution is 2.36. The molecule has 0 aromatic heterocycles. The Hall–Kier alpha value is -2.77. The van der Waals surface area contributed by atoms with Gasteiger partial charge in [0, 0.05) is 30.8 Å². The minimum absolute atomic E-state index is 0.0598. The van der Waals surface area contributed by atoms with Crippen molar-refractivity contribution in [1.29, 1.82) is 0 Å². The van der Waals surface area contributed by atoms with Gasteiger partial charge in [0.25, 0.3) is 5.91 Å². The summed E-state index contributed by atoms with van der Waals surface area (Å²) in [6, 6.07) is 5.47. The van der Waals surface area contributed by atoms with Crippen LogP contribution in [-0.4, -0.2) is 49.7 Å². The Morgan fingerprint density at radius 2 is 1.96 bits per heavy atom. The number of ether oxygens (including phenoxy) is 3. The number of fused-ring (bicyclic) bond motifs is 1. The second-order valence-corrected chi connectivity index (χ2v) is 7.10. The fraction of sp³-hybridized carbons (Fsp3) is 0.526. The first-order valence-electron chi connectivity index (χ1n) is 9.22. The number of nitrogens with one attached hydrogen (secondary N) is 1. The fourth-order valence-corrected chi connectivity index (χ4v) is 3.19. The van der Waals surface area contributed by atoms with E-state index in [1.807, 2.05) is 0 Å². The van der Waals surface area contributed by atoms with Gasteiger partial charge in [0.15, 0.2) is 17.6 Å². The van der Waals surface area contributed by atoms with Crippen molar-refractivity contribution in [2.24, 2.45) is 5.92 Å². The predicted octanol–water partition coefficient (Wildman–Crippen LogP) is 1.02. The van der Waals surface area contributed by atoms with E-state index in [0.29, 0.717) is 30.4 Å². The van der Waals surface area contributed by atoms with Crippen molar-refractivity contribution in [3.63, 3.8) is 0 Å². The number of carbonyl (C=O) groups is 3. The van der Waals surface area contributed by atoms with Crippen LogP contribution in [0.4, 0.5) is 5.69 Å². The number of rotatable bonds is 5. The van der Waals surface area contributed by atoms with Crippen LogP contribution in [0.1, 0.15) is 26.2 Å².